The minimum atomic E-state index is 0.611. The van der Waals surface area contributed by atoms with Gasteiger partial charge in [-0.2, -0.15) is 0 Å². The van der Waals surface area contributed by atoms with Crippen LogP contribution in [0, 0.1) is 17.8 Å². The lowest BCUT2D eigenvalue weighted by Crippen LogP contribution is -2.01. The third-order valence-electron chi connectivity index (χ3n) is 4.10. The Balaban J connectivity index is 1.84. The van der Waals surface area contributed by atoms with Crippen molar-refractivity contribution in [2.45, 2.75) is 39.0 Å². The van der Waals surface area contributed by atoms with Crippen molar-refractivity contribution < 1.29 is 0 Å². The first-order chi connectivity index (χ1) is 7.69. The Morgan fingerprint density at radius 1 is 1.31 bits per heavy atom. The lowest BCUT2D eigenvalue weighted by atomic mass is 10.0. The first kappa shape index (κ1) is 10.5. The molecule has 1 heterocycles. The molecule has 1 aromatic heterocycles. The largest absolute Gasteiger partial charge is 0.238 e. The molecule has 0 spiro atoms. The highest BCUT2D eigenvalue weighted by atomic mass is 35.5. The van der Waals surface area contributed by atoms with E-state index in [4.69, 9.17) is 11.6 Å². The predicted octanol–water partition coefficient (Wildman–Crippen LogP) is 3.45. The van der Waals surface area contributed by atoms with Crippen molar-refractivity contribution in [3.05, 3.63) is 22.7 Å². The van der Waals surface area contributed by atoms with E-state index < -0.39 is 0 Å². The van der Waals surface area contributed by atoms with Crippen LogP contribution >= 0.6 is 11.6 Å². The van der Waals surface area contributed by atoms with E-state index in [-0.39, 0.29) is 0 Å². The summed E-state index contributed by atoms with van der Waals surface area (Å²) in [5.74, 6) is 4.24. The van der Waals surface area contributed by atoms with E-state index >= 15 is 0 Å². The van der Waals surface area contributed by atoms with Crippen LogP contribution < -0.4 is 0 Å². The molecule has 3 rings (SSSR count). The van der Waals surface area contributed by atoms with Crippen molar-refractivity contribution in [2.24, 2.45) is 17.8 Å². The molecular weight excluding hydrogens is 220 g/mol. The normalized spacial score (nSPS) is 36.2. The van der Waals surface area contributed by atoms with E-state index in [0.717, 1.165) is 30.0 Å². The summed E-state index contributed by atoms with van der Waals surface area (Å²) in [6.07, 6.45) is 3.61. The second kappa shape index (κ2) is 3.69. The maximum Gasteiger partial charge on any atom is 0.133 e. The molecule has 2 fully saturated rings. The van der Waals surface area contributed by atoms with E-state index in [1.54, 1.807) is 0 Å². The van der Waals surface area contributed by atoms with Crippen LogP contribution in [0.5, 0.6) is 0 Å². The van der Waals surface area contributed by atoms with Gasteiger partial charge < -0.3 is 0 Å². The van der Waals surface area contributed by atoms with Crippen LogP contribution in [0.25, 0.3) is 0 Å². The van der Waals surface area contributed by atoms with Crippen molar-refractivity contribution in [1.82, 2.24) is 9.97 Å². The van der Waals surface area contributed by atoms with Crippen LogP contribution in [0.15, 0.2) is 6.07 Å². The van der Waals surface area contributed by atoms with Gasteiger partial charge in [-0.25, -0.2) is 9.97 Å². The molecule has 0 saturated heterocycles. The molecule has 0 amide bonds. The maximum atomic E-state index is 6.03. The highest BCUT2D eigenvalue weighted by Crippen LogP contribution is 2.64. The lowest BCUT2D eigenvalue weighted by molar-refractivity contribution is 0.509. The number of nitrogens with zero attached hydrogens (tertiary/aromatic N) is 2. The predicted molar refractivity (Wildman–Crippen MR) is 64.5 cm³/mol. The first-order valence-electron chi connectivity index (χ1n) is 6.22. The Kier molecular flexibility index (Phi) is 2.43. The van der Waals surface area contributed by atoms with Gasteiger partial charge in [0.2, 0.25) is 0 Å². The van der Waals surface area contributed by atoms with Gasteiger partial charge in [-0.05, 0) is 36.7 Å². The van der Waals surface area contributed by atoms with Gasteiger partial charge in [0.1, 0.15) is 11.0 Å². The first-order valence-corrected chi connectivity index (χ1v) is 6.60. The van der Waals surface area contributed by atoms with Crippen molar-refractivity contribution in [1.29, 1.82) is 0 Å². The van der Waals surface area contributed by atoms with Crippen molar-refractivity contribution in [2.75, 3.05) is 0 Å². The molecule has 2 aliphatic carbocycles. The van der Waals surface area contributed by atoms with Gasteiger partial charge in [0.25, 0.3) is 0 Å². The summed E-state index contributed by atoms with van der Waals surface area (Å²) in [7, 11) is 0. The highest BCUT2D eigenvalue weighted by molar-refractivity contribution is 6.29. The second-order valence-electron chi connectivity index (χ2n) is 5.32. The topological polar surface area (TPSA) is 25.8 Å². The van der Waals surface area contributed by atoms with E-state index in [1.165, 1.54) is 18.5 Å². The summed E-state index contributed by atoms with van der Waals surface area (Å²) in [6, 6.07) is 1.97. The lowest BCUT2D eigenvalue weighted by Gasteiger charge is -2.09. The fourth-order valence-electron chi connectivity index (χ4n) is 3.36. The van der Waals surface area contributed by atoms with Gasteiger partial charge in [0, 0.05) is 18.0 Å². The summed E-state index contributed by atoms with van der Waals surface area (Å²) < 4.78 is 0. The molecule has 16 heavy (non-hydrogen) atoms. The number of halogens is 1. The summed E-state index contributed by atoms with van der Waals surface area (Å²) >= 11 is 6.03. The van der Waals surface area contributed by atoms with Gasteiger partial charge in [0.05, 0.1) is 0 Å². The third-order valence-corrected chi connectivity index (χ3v) is 4.29. The number of aryl methyl sites for hydroxylation is 1. The molecule has 2 nitrogen and oxygen atoms in total. The summed E-state index contributed by atoms with van der Waals surface area (Å²) in [5, 5.41) is 0.611. The van der Waals surface area contributed by atoms with Crippen LogP contribution in [-0.4, -0.2) is 9.97 Å². The van der Waals surface area contributed by atoms with E-state index in [1.807, 2.05) is 6.07 Å². The van der Waals surface area contributed by atoms with E-state index in [2.05, 4.69) is 23.8 Å². The SMILES string of the molecule is CCc1nc(Cl)cc([C@H]2[C@@H]3CC(C)C[C@@H]32)n1. The molecule has 0 radical (unpaired) electrons. The molecule has 4 atom stereocenters. The Hall–Kier alpha value is -0.630. The van der Waals surface area contributed by atoms with Crippen molar-refractivity contribution >= 4 is 11.6 Å². The summed E-state index contributed by atoms with van der Waals surface area (Å²) in [5.41, 5.74) is 1.19. The second-order valence-corrected chi connectivity index (χ2v) is 5.70. The van der Waals surface area contributed by atoms with E-state index in [9.17, 15) is 0 Å². The zero-order valence-electron chi connectivity index (χ0n) is 9.78. The fourth-order valence-corrected chi connectivity index (χ4v) is 3.57. The quantitative estimate of drug-likeness (QED) is 0.735. The number of fused-ring (bicyclic) bond motifs is 1. The average Bonchev–Trinajstić information content (AvgIpc) is 2.76. The number of aromatic nitrogens is 2. The van der Waals surface area contributed by atoms with E-state index in [0.29, 0.717) is 11.1 Å². The van der Waals surface area contributed by atoms with Gasteiger partial charge in [-0.1, -0.05) is 25.4 Å². The van der Waals surface area contributed by atoms with Gasteiger partial charge >= 0.3 is 0 Å². The number of hydrogen-bond acceptors (Lipinski definition) is 2. The average molecular weight is 237 g/mol. The Morgan fingerprint density at radius 2 is 2.00 bits per heavy atom. The molecule has 0 aliphatic heterocycles. The summed E-state index contributed by atoms with van der Waals surface area (Å²) in [4.78, 5) is 8.85. The smallest absolute Gasteiger partial charge is 0.133 e. The highest BCUT2D eigenvalue weighted by Gasteiger charge is 2.56. The van der Waals surface area contributed by atoms with Crippen LogP contribution in [0.1, 0.15) is 44.1 Å². The maximum absolute atomic E-state index is 6.03. The number of rotatable bonds is 2. The minimum absolute atomic E-state index is 0.611. The molecule has 0 aromatic carbocycles. The van der Waals surface area contributed by atoms with Crippen LogP contribution in [0.3, 0.4) is 0 Å². The molecule has 0 N–H and O–H groups in total. The molecule has 1 unspecified atom stereocenters. The zero-order chi connectivity index (χ0) is 11.3. The Morgan fingerprint density at radius 3 is 2.62 bits per heavy atom. The molecule has 1 aromatic rings. The zero-order valence-corrected chi connectivity index (χ0v) is 10.5. The molecule has 86 valence electrons. The van der Waals surface area contributed by atoms with Crippen LogP contribution in [0.4, 0.5) is 0 Å². The monoisotopic (exact) mass is 236 g/mol. The van der Waals surface area contributed by atoms with Gasteiger partial charge in [0.15, 0.2) is 0 Å². The third kappa shape index (κ3) is 1.64. The number of hydrogen-bond donors (Lipinski definition) is 0. The fraction of sp³-hybridized carbons (Fsp3) is 0.692. The summed E-state index contributed by atoms with van der Waals surface area (Å²) in [6.45, 7) is 4.43. The molecular formula is C13H17ClN2. The molecule has 2 aliphatic rings. The Bertz CT molecular complexity index is 406. The standard InChI is InChI=1S/C13H17ClN2/c1-3-12-15-10(6-11(14)16-12)13-8-4-7(2)5-9(8)13/h6-9,13H,3-5H2,1-2H3/t7?,8-,9+,13+. The molecule has 0 bridgehead atoms. The van der Waals surface area contributed by atoms with Crippen LogP contribution in [0.2, 0.25) is 5.15 Å². The van der Waals surface area contributed by atoms with Gasteiger partial charge in [-0.15, -0.1) is 0 Å². The van der Waals surface area contributed by atoms with Crippen molar-refractivity contribution in [3.8, 4) is 0 Å². The van der Waals surface area contributed by atoms with Gasteiger partial charge in [-0.3, -0.25) is 0 Å². The Labute approximate surface area is 101 Å². The minimum Gasteiger partial charge on any atom is -0.238 e. The van der Waals surface area contributed by atoms with Crippen molar-refractivity contribution in [3.63, 3.8) is 0 Å². The molecule has 3 heteroatoms. The molecule has 2 saturated carbocycles. The van der Waals surface area contributed by atoms with Crippen LogP contribution in [-0.2, 0) is 6.42 Å².